The number of fused-ring (bicyclic) bond motifs is 1. The van der Waals surface area contributed by atoms with Gasteiger partial charge in [0, 0.05) is 19.0 Å². The molecular formula is C18H24FN3O2. The minimum atomic E-state index is -0.907. The molecule has 2 N–H and O–H groups in total. The fourth-order valence-corrected chi connectivity index (χ4v) is 3.33. The first-order valence-corrected chi connectivity index (χ1v) is 8.56. The van der Waals surface area contributed by atoms with Gasteiger partial charge in [0.25, 0.3) is 5.91 Å². The summed E-state index contributed by atoms with van der Waals surface area (Å²) < 4.78 is 13.3. The maximum atomic E-state index is 13.3. The number of carbonyl (C=O) groups excluding carboxylic acids is 1. The smallest absolute Gasteiger partial charge is 0.251 e. The number of aliphatic hydroxyl groups is 1. The molecule has 3 rings (SSSR count). The zero-order valence-electron chi connectivity index (χ0n) is 14.1. The number of likely N-dealkylation sites (tertiary alicyclic amines) is 1. The number of hydrogen-bond acceptors (Lipinski definition) is 3. The SMILES string of the molecule is CC(C)C[C@@H](O)C(=O)N1CCC(c2nc3ccc(F)cc3[nH]2)CC1. The molecule has 1 aromatic carbocycles. The molecular weight excluding hydrogens is 309 g/mol. The molecule has 0 aliphatic carbocycles. The van der Waals surface area contributed by atoms with Crippen LogP contribution in [0.5, 0.6) is 0 Å². The summed E-state index contributed by atoms with van der Waals surface area (Å²) in [5, 5.41) is 10.00. The van der Waals surface area contributed by atoms with E-state index in [1.54, 1.807) is 11.0 Å². The van der Waals surface area contributed by atoms with Gasteiger partial charge in [0.2, 0.25) is 0 Å². The highest BCUT2D eigenvalue weighted by Crippen LogP contribution is 2.28. The number of hydrogen-bond donors (Lipinski definition) is 2. The normalized spacial score (nSPS) is 17.6. The average Bonchev–Trinajstić information content (AvgIpc) is 2.96. The molecule has 130 valence electrons. The molecule has 0 radical (unpaired) electrons. The van der Waals surface area contributed by atoms with Crippen molar-refractivity contribution in [3.8, 4) is 0 Å². The highest BCUT2D eigenvalue weighted by molar-refractivity contribution is 5.80. The summed E-state index contributed by atoms with van der Waals surface area (Å²) in [4.78, 5) is 21.7. The van der Waals surface area contributed by atoms with E-state index in [4.69, 9.17) is 0 Å². The summed E-state index contributed by atoms with van der Waals surface area (Å²) in [5.41, 5.74) is 1.47. The number of nitrogens with zero attached hydrogens (tertiary/aromatic N) is 2. The Labute approximate surface area is 140 Å². The number of nitrogens with one attached hydrogen (secondary N) is 1. The van der Waals surface area contributed by atoms with Crippen LogP contribution in [0.4, 0.5) is 4.39 Å². The standard InChI is InChI=1S/C18H24FN3O2/c1-11(2)9-16(23)18(24)22-7-5-12(6-8-22)17-20-14-4-3-13(19)10-15(14)21-17/h3-4,10-12,16,23H,5-9H2,1-2H3,(H,20,21)/t16-/m1/s1. The van der Waals surface area contributed by atoms with Crippen LogP contribution in [0.15, 0.2) is 18.2 Å². The van der Waals surface area contributed by atoms with Gasteiger partial charge in [-0.2, -0.15) is 0 Å². The van der Waals surface area contributed by atoms with Crippen LogP contribution < -0.4 is 0 Å². The van der Waals surface area contributed by atoms with Crippen LogP contribution in [0.1, 0.15) is 44.9 Å². The second-order valence-corrected chi connectivity index (χ2v) is 7.03. The first-order valence-electron chi connectivity index (χ1n) is 8.56. The molecule has 6 heteroatoms. The Bertz CT molecular complexity index is 720. The van der Waals surface area contributed by atoms with Crippen molar-refractivity contribution >= 4 is 16.9 Å². The lowest BCUT2D eigenvalue weighted by atomic mass is 9.95. The lowest BCUT2D eigenvalue weighted by Crippen LogP contribution is -2.44. The third-order valence-electron chi connectivity index (χ3n) is 4.64. The Kier molecular flexibility index (Phi) is 4.85. The molecule has 1 aliphatic rings. The van der Waals surface area contributed by atoms with Crippen molar-refractivity contribution in [1.29, 1.82) is 0 Å². The quantitative estimate of drug-likeness (QED) is 0.904. The molecule has 2 aromatic rings. The van der Waals surface area contributed by atoms with E-state index in [1.807, 2.05) is 13.8 Å². The Morgan fingerprint density at radius 1 is 1.42 bits per heavy atom. The number of aromatic amines is 1. The highest BCUT2D eigenvalue weighted by atomic mass is 19.1. The van der Waals surface area contributed by atoms with E-state index in [2.05, 4.69) is 9.97 Å². The molecule has 1 amide bonds. The maximum Gasteiger partial charge on any atom is 0.251 e. The van der Waals surface area contributed by atoms with Crippen LogP contribution in [0.3, 0.4) is 0 Å². The summed E-state index contributed by atoms with van der Waals surface area (Å²) in [5.74, 6) is 0.917. The topological polar surface area (TPSA) is 69.2 Å². The van der Waals surface area contributed by atoms with Gasteiger partial charge >= 0.3 is 0 Å². The molecule has 1 atom stereocenters. The van der Waals surface area contributed by atoms with Crippen LogP contribution in [-0.2, 0) is 4.79 Å². The van der Waals surface area contributed by atoms with Gasteiger partial charge in [0.15, 0.2) is 0 Å². The molecule has 0 bridgehead atoms. The molecule has 0 unspecified atom stereocenters. The first-order chi connectivity index (χ1) is 11.4. The van der Waals surface area contributed by atoms with Gasteiger partial charge in [-0.3, -0.25) is 4.79 Å². The van der Waals surface area contributed by atoms with E-state index >= 15 is 0 Å². The number of benzene rings is 1. The van der Waals surface area contributed by atoms with Gasteiger partial charge in [-0.25, -0.2) is 9.37 Å². The molecule has 0 saturated carbocycles. The van der Waals surface area contributed by atoms with Crippen molar-refractivity contribution in [2.75, 3.05) is 13.1 Å². The summed E-state index contributed by atoms with van der Waals surface area (Å²) in [6.45, 7) is 5.22. The second kappa shape index (κ2) is 6.89. The summed E-state index contributed by atoms with van der Waals surface area (Å²) in [7, 11) is 0. The zero-order valence-corrected chi connectivity index (χ0v) is 14.1. The van der Waals surface area contributed by atoms with Crippen LogP contribution in [0.2, 0.25) is 0 Å². The molecule has 1 fully saturated rings. The maximum absolute atomic E-state index is 13.3. The molecule has 2 heterocycles. The Morgan fingerprint density at radius 3 is 2.79 bits per heavy atom. The average molecular weight is 333 g/mol. The summed E-state index contributed by atoms with van der Waals surface area (Å²) >= 11 is 0. The predicted octanol–water partition coefficient (Wildman–Crippen LogP) is 2.82. The third-order valence-corrected chi connectivity index (χ3v) is 4.64. The highest BCUT2D eigenvalue weighted by Gasteiger charge is 2.29. The number of aromatic nitrogens is 2. The number of H-pyrrole nitrogens is 1. The van der Waals surface area contributed by atoms with Crippen molar-refractivity contribution in [2.24, 2.45) is 5.92 Å². The molecule has 0 spiro atoms. The van der Waals surface area contributed by atoms with Crippen LogP contribution in [0, 0.1) is 11.7 Å². The van der Waals surface area contributed by atoms with E-state index in [1.165, 1.54) is 12.1 Å². The fourth-order valence-electron chi connectivity index (χ4n) is 3.33. The van der Waals surface area contributed by atoms with Gasteiger partial charge in [0.05, 0.1) is 11.0 Å². The first kappa shape index (κ1) is 16.9. The van der Waals surface area contributed by atoms with E-state index < -0.39 is 6.10 Å². The van der Waals surface area contributed by atoms with Gasteiger partial charge in [0.1, 0.15) is 17.7 Å². The number of carbonyl (C=O) groups is 1. The zero-order chi connectivity index (χ0) is 17.3. The van der Waals surface area contributed by atoms with Crippen molar-refractivity contribution in [1.82, 2.24) is 14.9 Å². The van der Waals surface area contributed by atoms with Crippen molar-refractivity contribution in [3.63, 3.8) is 0 Å². The lowest BCUT2D eigenvalue weighted by Gasteiger charge is -2.32. The van der Waals surface area contributed by atoms with Crippen molar-refractivity contribution < 1.29 is 14.3 Å². The van der Waals surface area contributed by atoms with Crippen molar-refractivity contribution in [3.05, 3.63) is 29.8 Å². The Morgan fingerprint density at radius 2 is 2.12 bits per heavy atom. The van der Waals surface area contributed by atoms with Gasteiger partial charge in [-0.15, -0.1) is 0 Å². The number of aliphatic hydroxyl groups excluding tert-OH is 1. The molecule has 5 nitrogen and oxygen atoms in total. The van der Waals surface area contributed by atoms with Crippen LogP contribution in [0.25, 0.3) is 11.0 Å². The third kappa shape index (κ3) is 3.59. The fraction of sp³-hybridized carbons (Fsp3) is 0.556. The predicted molar refractivity (Wildman–Crippen MR) is 90.1 cm³/mol. The van der Waals surface area contributed by atoms with E-state index in [9.17, 15) is 14.3 Å². The monoisotopic (exact) mass is 333 g/mol. The molecule has 1 saturated heterocycles. The number of imidazole rings is 1. The molecule has 1 aliphatic heterocycles. The number of piperidine rings is 1. The summed E-state index contributed by atoms with van der Waals surface area (Å²) in [6, 6.07) is 4.53. The molecule has 24 heavy (non-hydrogen) atoms. The van der Waals surface area contributed by atoms with E-state index in [0.717, 1.165) is 24.2 Å². The summed E-state index contributed by atoms with van der Waals surface area (Å²) in [6.07, 6.45) is 1.18. The Hall–Kier alpha value is -1.95. The van der Waals surface area contributed by atoms with Gasteiger partial charge < -0.3 is 15.0 Å². The minimum absolute atomic E-state index is 0.172. The van der Waals surface area contributed by atoms with Crippen molar-refractivity contribution in [2.45, 2.75) is 45.1 Å². The second-order valence-electron chi connectivity index (χ2n) is 7.03. The Balaban J connectivity index is 1.62. The largest absolute Gasteiger partial charge is 0.383 e. The number of rotatable bonds is 4. The van der Waals surface area contributed by atoms with Gasteiger partial charge in [-0.1, -0.05) is 13.8 Å². The number of amides is 1. The number of halogens is 1. The lowest BCUT2D eigenvalue weighted by molar-refractivity contribution is -0.142. The van der Waals surface area contributed by atoms with Crippen LogP contribution in [-0.4, -0.2) is 45.1 Å². The van der Waals surface area contributed by atoms with E-state index in [0.29, 0.717) is 25.0 Å². The molecule has 1 aromatic heterocycles. The minimum Gasteiger partial charge on any atom is -0.383 e. The van der Waals surface area contributed by atoms with Gasteiger partial charge in [-0.05, 0) is 43.4 Å². The van der Waals surface area contributed by atoms with Crippen LogP contribution >= 0.6 is 0 Å². The van der Waals surface area contributed by atoms with E-state index in [-0.39, 0.29) is 23.6 Å².